The Hall–Kier alpha value is -1.88. The Balaban J connectivity index is 2.31. The second-order valence-corrected chi connectivity index (χ2v) is 5.93. The predicted molar refractivity (Wildman–Crippen MR) is 73.3 cm³/mol. The molecule has 20 heavy (non-hydrogen) atoms. The second kappa shape index (κ2) is 5.25. The minimum absolute atomic E-state index is 0.366. The van der Waals surface area contributed by atoms with E-state index >= 15 is 0 Å². The number of esters is 1. The molecule has 0 spiro atoms. The zero-order valence-electron chi connectivity index (χ0n) is 11.8. The van der Waals surface area contributed by atoms with Crippen LogP contribution >= 0.6 is 0 Å². The van der Waals surface area contributed by atoms with Gasteiger partial charge in [-0.05, 0) is 38.3 Å². The number of carboxylic acid groups (broad SMARTS) is 1. The molecule has 108 valence electrons. The van der Waals surface area contributed by atoms with Gasteiger partial charge in [0, 0.05) is 0 Å². The zero-order chi connectivity index (χ0) is 14.9. The highest BCUT2D eigenvalue weighted by atomic mass is 16.6. The van der Waals surface area contributed by atoms with Crippen molar-refractivity contribution < 1.29 is 19.4 Å². The lowest BCUT2D eigenvalue weighted by molar-refractivity contribution is -0.158. The first-order chi connectivity index (χ1) is 9.28. The van der Waals surface area contributed by atoms with Crippen LogP contribution in [-0.4, -0.2) is 28.7 Å². The van der Waals surface area contributed by atoms with E-state index in [9.17, 15) is 14.7 Å². The molecule has 2 N–H and O–H groups in total. The number of ether oxygens (including phenoxy) is 1. The Kier molecular flexibility index (Phi) is 3.81. The van der Waals surface area contributed by atoms with E-state index in [1.54, 1.807) is 20.8 Å². The molecule has 1 aliphatic rings. The molecule has 1 aromatic rings. The zero-order valence-corrected chi connectivity index (χ0v) is 11.8. The Bertz CT molecular complexity index is 533. The van der Waals surface area contributed by atoms with E-state index in [4.69, 9.17) is 4.74 Å². The second-order valence-electron chi connectivity index (χ2n) is 5.93. The number of hydrogen-bond acceptors (Lipinski definition) is 4. The molecule has 0 aromatic heterocycles. The number of aliphatic carboxylic acids is 1. The highest BCUT2D eigenvalue weighted by molar-refractivity contribution is 5.82. The maximum absolute atomic E-state index is 12.3. The summed E-state index contributed by atoms with van der Waals surface area (Å²) in [4.78, 5) is 23.5. The van der Waals surface area contributed by atoms with Crippen molar-refractivity contribution in [2.45, 2.75) is 44.9 Å². The third-order valence-electron chi connectivity index (χ3n) is 3.10. The fourth-order valence-electron chi connectivity index (χ4n) is 2.29. The molecule has 0 saturated carbocycles. The van der Waals surface area contributed by atoms with Crippen LogP contribution in [0.15, 0.2) is 24.3 Å². The van der Waals surface area contributed by atoms with Gasteiger partial charge in [-0.25, -0.2) is 4.79 Å². The SMILES string of the molecule is CC(C)(C)OC(=O)[C@H]1N[C@@H](C(=O)O)Cc2ccccc21. The van der Waals surface area contributed by atoms with Crippen molar-refractivity contribution in [3.63, 3.8) is 0 Å². The van der Waals surface area contributed by atoms with Gasteiger partial charge in [0.25, 0.3) is 0 Å². The van der Waals surface area contributed by atoms with Crippen molar-refractivity contribution >= 4 is 11.9 Å². The van der Waals surface area contributed by atoms with Gasteiger partial charge in [-0.15, -0.1) is 0 Å². The Morgan fingerprint density at radius 3 is 2.55 bits per heavy atom. The van der Waals surface area contributed by atoms with E-state index in [-0.39, 0.29) is 0 Å². The molecule has 0 fully saturated rings. The molecule has 1 aromatic carbocycles. The number of carbonyl (C=O) groups excluding carboxylic acids is 1. The van der Waals surface area contributed by atoms with Crippen molar-refractivity contribution in [3.8, 4) is 0 Å². The number of hydrogen-bond donors (Lipinski definition) is 2. The van der Waals surface area contributed by atoms with Gasteiger partial charge >= 0.3 is 11.9 Å². The third-order valence-corrected chi connectivity index (χ3v) is 3.10. The van der Waals surface area contributed by atoms with Crippen LogP contribution in [0, 0.1) is 0 Å². The molecule has 2 rings (SSSR count). The molecule has 1 heterocycles. The van der Waals surface area contributed by atoms with Crippen LogP contribution in [-0.2, 0) is 20.7 Å². The number of benzene rings is 1. The summed E-state index contributed by atoms with van der Waals surface area (Å²) in [6, 6.07) is 5.84. The Morgan fingerprint density at radius 1 is 1.30 bits per heavy atom. The van der Waals surface area contributed by atoms with Crippen LogP contribution < -0.4 is 5.32 Å². The van der Waals surface area contributed by atoms with Crippen LogP contribution in [0.3, 0.4) is 0 Å². The maximum atomic E-state index is 12.3. The normalized spacial score (nSPS) is 21.9. The molecular weight excluding hydrogens is 258 g/mol. The van der Waals surface area contributed by atoms with Gasteiger partial charge in [-0.2, -0.15) is 0 Å². The van der Waals surface area contributed by atoms with Crippen molar-refractivity contribution in [2.75, 3.05) is 0 Å². The van der Waals surface area contributed by atoms with Gasteiger partial charge in [0.2, 0.25) is 0 Å². The van der Waals surface area contributed by atoms with E-state index in [0.29, 0.717) is 6.42 Å². The topological polar surface area (TPSA) is 75.6 Å². The van der Waals surface area contributed by atoms with Crippen LogP contribution in [0.1, 0.15) is 37.9 Å². The van der Waals surface area contributed by atoms with Gasteiger partial charge in [0.1, 0.15) is 17.7 Å². The molecule has 5 heteroatoms. The Morgan fingerprint density at radius 2 is 1.95 bits per heavy atom. The summed E-state index contributed by atoms with van der Waals surface area (Å²) < 4.78 is 5.37. The summed E-state index contributed by atoms with van der Waals surface area (Å²) in [6.45, 7) is 5.36. The first kappa shape index (κ1) is 14.5. The molecule has 0 saturated heterocycles. The van der Waals surface area contributed by atoms with Crippen molar-refractivity contribution in [1.29, 1.82) is 0 Å². The minimum Gasteiger partial charge on any atom is -0.480 e. The average molecular weight is 277 g/mol. The van der Waals surface area contributed by atoms with Crippen LogP contribution in [0.5, 0.6) is 0 Å². The summed E-state index contributed by atoms with van der Waals surface area (Å²) in [5, 5.41) is 12.0. The van der Waals surface area contributed by atoms with Crippen LogP contribution in [0.2, 0.25) is 0 Å². The summed E-state index contributed by atoms with van der Waals surface area (Å²) in [7, 11) is 0. The van der Waals surface area contributed by atoms with Crippen molar-refractivity contribution in [1.82, 2.24) is 5.32 Å². The van der Waals surface area contributed by atoms with E-state index in [1.807, 2.05) is 24.3 Å². The van der Waals surface area contributed by atoms with Gasteiger partial charge in [-0.3, -0.25) is 10.1 Å². The summed E-state index contributed by atoms with van der Waals surface area (Å²) in [5.41, 5.74) is 1.05. The minimum atomic E-state index is -0.965. The molecule has 0 unspecified atom stereocenters. The summed E-state index contributed by atoms with van der Waals surface area (Å²) in [5.74, 6) is -1.41. The van der Waals surface area contributed by atoms with E-state index in [2.05, 4.69) is 5.32 Å². The largest absolute Gasteiger partial charge is 0.480 e. The third kappa shape index (κ3) is 3.17. The molecule has 1 aliphatic heterocycles. The van der Waals surface area contributed by atoms with Crippen LogP contribution in [0.4, 0.5) is 0 Å². The van der Waals surface area contributed by atoms with E-state index in [1.165, 1.54) is 0 Å². The first-order valence-corrected chi connectivity index (χ1v) is 6.57. The lowest BCUT2D eigenvalue weighted by atomic mass is 9.90. The van der Waals surface area contributed by atoms with Gasteiger partial charge in [-0.1, -0.05) is 24.3 Å². The average Bonchev–Trinajstić information content (AvgIpc) is 2.35. The Labute approximate surface area is 117 Å². The van der Waals surface area contributed by atoms with E-state index in [0.717, 1.165) is 11.1 Å². The van der Waals surface area contributed by atoms with Crippen molar-refractivity contribution in [3.05, 3.63) is 35.4 Å². The lowest BCUT2D eigenvalue weighted by Crippen LogP contribution is -2.48. The molecule has 0 amide bonds. The van der Waals surface area contributed by atoms with Gasteiger partial charge in [0.05, 0.1) is 0 Å². The number of rotatable bonds is 2. The van der Waals surface area contributed by atoms with Gasteiger partial charge in [0.15, 0.2) is 0 Å². The standard InChI is InChI=1S/C15H19NO4/c1-15(2,3)20-14(19)12-10-7-5-4-6-9(10)8-11(16-12)13(17)18/h4-7,11-12,16H,8H2,1-3H3,(H,17,18)/t11-,12+/m1/s1. The maximum Gasteiger partial charge on any atom is 0.328 e. The quantitative estimate of drug-likeness (QED) is 0.804. The summed E-state index contributed by atoms with van der Waals surface area (Å²) >= 11 is 0. The van der Waals surface area contributed by atoms with Gasteiger partial charge < -0.3 is 9.84 Å². The predicted octanol–water partition coefficient (Wildman–Crippen LogP) is 1.67. The molecule has 5 nitrogen and oxygen atoms in total. The first-order valence-electron chi connectivity index (χ1n) is 6.57. The van der Waals surface area contributed by atoms with E-state index < -0.39 is 29.6 Å². The van der Waals surface area contributed by atoms with Crippen LogP contribution in [0.25, 0.3) is 0 Å². The number of nitrogens with one attached hydrogen (secondary N) is 1. The molecule has 0 radical (unpaired) electrons. The smallest absolute Gasteiger partial charge is 0.328 e. The lowest BCUT2D eigenvalue weighted by Gasteiger charge is -2.31. The molecule has 2 atom stereocenters. The summed E-state index contributed by atoms with van der Waals surface area (Å²) in [6.07, 6.45) is 0.366. The molecule has 0 aliphatic carbocycles. The highest BCUT2D eigenvalue weighted by Gasteiger charge is 2.36. The molecule has 0 bridgehead atoms. The number of carbonyl (C=O) groups is 2. The number of fused-ring (bicyclic) bond motifs is 1. The molecular formula is C15H19NO4. The monoisotopic (exact) mass is 277 g/mol. The fourth-order valence-corrected chi connectivity index (χ4v) is 2.29. The van der Waals surface area contributed by atoms with Crippen molar-refractivity contribution in [2.24, 2.45) is 0 Å². The fraction of sp³-hybridized carbons (Fsp3) is 0.467. The number of carboxylic acids is 1. The highest BCUT2D eigenvalue weighted by Crippen LogP contribution is 2.27.